The summed E-state index contributed by atoms with van der Waals surface area (Å²) in [4.78, 5) is 24.1. The van der Waals surface area contributed by atoms with Crippen molar-refractivity contribution in [3.63, 3.8) is 0 Å². The molecule has 24 heavy (non-hydrogen) atoms. The lowest BCUT2D eigenvalue weighted by molar-refractivity contribution is -0.131. The highest BCUT2D eigenvalue weighted by molar-refractivity contribution is 5.99. The van der Waals surface area contributed by atoms with Crippen LogP contribution in [0.5, 0.6) is 5.75 Å². The van der Waals surface area contributed by atoms with Crippen LogP contribution < -0.4 is 15.5 Å². The number of carbonyl (C=O) groups excluding carboxylic acids is 2. The van der Waals surface area contributed by atoms with Gasteiger partial charge in [0.1, 0.15) is 5.75 Å². The first-order valence-corrected chi connectivity index (χ1v) is 7.52. The fourth-order valence-corrected chi connectivity index (χ4v) is 2.25. The molecule has 0 aliphatic carbocycles. The van der Waals surface area contributed by atoms with E-state index in [-0.39, 0.29) is 12.2 Å². The van der Waals surface area contributed by atoms with E-state index in [1.807, 2.05) is 30.3 Å². The number of carbonyl (C=O) groups is 2. The lowest BCUT2D eigenvalue weighted by atomic mass is 10.0. The molecule has 0 aliphatic rings. The number of nitrogens with one attached hydrogen (secondary N) is 2. The lowest BCUT2D eigenvalue weighted by Crippen LogP contribution is -2.44. The summed E-state index contributed by atoms with van der Waals surface area (Å²) in [5.41, 5.74) is 3.06. The van der Waals surface area contributed by atoms with Crippen LogP contribution in [0.4, 0.5) is 0 Å². The predicted molar refractivity (Wildman–Crippen MR) is 88.9 cm³/mol. The van der Waals surface area contributed by atoms with Crippen LogP contribution in [0.2, 0.25) is 0 Å². The number of ether oxygens (including phenoxy) is 1. The van der Waals surface area contributed by atoms with E-state index in [1.54, 1.807) is 36.9 Å². The second-order valence-electron chi connectivity index (χ2n) is 5.25. The monoisotopic (exact) mass is 328 g/mol. The molecular formula is C18H20N2O4. The average molecular weight is 328 g/mol. The Labute approximate surface area is 140 Å². The van der Waals surface area contributed by atoms with E-state index in [2.05, 4.69) is 5.32 Å². The molecule has 0 aliphatic heterocycles. The van der Waals surface area contributed by atoms with Gasteiger partial charge in [0.25, 0.3) is 5.91 Å². The quantitative estimate of drug-likeness (QED) is 0.391. The van der Waals surface area contributed by atoms with Gasteiger partial charge in [0.15, 0.2) is 5.78 Å². The molecule has 2 aromatic rings. The van der Waals surface area contributed by atoms with Crippen molar-refractivity contribution in [3.8, 4) is 5.75 Å². The maximum absolute atomic E-state index is 12.3. The summed E-state index contributed by atoms with van der Waals surface area (Å²) in [6.07, 6.45) is -0.0639. The summed E-state index contributed by atoms with van der Waals surface area (Å²) in [6.45, 7) is 0.412. The SMILES string of the molecule is COc1ccc(C(=O)CC(NCc2ccccc2)C(=O)NO)cc1. The molecule has 126 valence electrons. The van der Waals surface area contributed by atoms with E-state index in [0.717, 1.165) is 5.56 Å². The summed E-state index contributed by atoms with van der Waals surface area (Å²) in [5.74, 6) is -0.196. The maximum atomic E-state index is 12.3. The number of rotatable bonds is 8. The molecule has 0 spiro atoms. The van der Waals surface area contributed by atoms with Crippen LogP contribution in [0.15, 0.2) is 54.6 Å². The van der Waals surface area contributed by atoms with Gasteiger partial charge in [-0.15, -0.1) is 0 Å². The Morgan fingerprint density at radius 3 is 2.33 bits per heavy atom. The van der Waals surface area contributed by atoms with Crippen LogP contribution >= 0.6 is 0 Å². The van der Waals surface area contributed by atoms with E-state index in [9.17, 15) is 9.59 Å². The van der Waals surface area contributed by atoms with Crippen molar-refractivity contribution < 1.29 is 19.5 Å². The van der Waals surface area contributed by atoms with Crippen LogP contribution in [-0.4, -0.2) is 30.0 Å². The highest BCUT2D eigenvalue weighted by atomic mass is 16.5. The summed E-state index contributed by atoms with van der Waals surface area (Å²) in [5, 5.41) is 11.9. The largest absolute Gasteiger partial charge is 0.497 e. The molecule has 2 aromatic carbocycles. The molecule has 3 N–H and O–H groups in total. The Kier molecular flexibility index (Phi) is 6.48. The highest BCUT2D eigenvalue weighted by Gasteiger charge is 2.22. The summed E-state index contributed by atoms with van der Waals surface area (Å²) < 4.78 is 5.05. The Hall–Kier alpha value is -2.70. The van der Waals surface area contributed by atoms with Crippen LogP contribution in [0, 0.1) is 0 Å². The van der Waals surface area contributed by atoms with Crippen molar-refractivity contribution in [2.75, 3.05) is 7.11 Å². The first-order chi connectivity index (χ1) is 11.6. The molecule has 0 saturated heterocycles. The number of hydrogen-bond acceptors (Lipinski definition) is 5. The van der Waals surface area contributed by atoms with Crippen LogP contribution in [0.3, 0.4) is 0 Å². The molecule has 0 aromatic heterocycles. The number of ketones is 1. The predicted octanol–water partition coefficient (Wildman–Crippen LogP) is 1.93. The van der Waals surface area contributed by atoms with Crippen molar-refractivity contribution in [1.82, 2.24) is 10.8 Å². The van der Waals surface area contributed by atoms with Gasteiger partial charge in [0, 0.05) is 18.5 Å². The summed E-state index contributed by atoms with van der Waals surface area (Å²) >= 11 is 0. The number of methoxy groups -OCH3 is 1. The van der Waals surface area contributed by atoms with Crippen molar-refractivity contribution in [2.45, 2.75) is 19.0 Å². The number of benzene rings is 2. The zero-order valence-corrected chi connectivity index (χ0v) is 13.4. The molecule has 0 radical (unpaired) electrons. The van der Waals surface area contributed by atoms with Crippen molar-refractivity contribution in [1.29, 1.82) is 0 Å². The maximum Gasteiger partial charge on any atom is 0.260 e. The topological polar surface area (TPSA) is 87.7 Å². The number of amides is 1. The molecule has 0 saturated carbocycles. The molecule has 2 rings (SSSR count). The first kappa shape index (κ1) is 17.7. The van der Waals surface area contributed by atoms with Crippen molar-refractivity contribution >= 4 is 11.7 Å². The van der Waals surface area contributed by atoms with Gasteiger partial charge in [-0.2, -0.15) is 0 Å². The van der Waals surface area contributed by atoms with E-state index in [0.29, 0.717) is 17.9 Å². The summed E-state index contributed by atoms with van der Waals surface area (Å²) in [7, 11) is 1.55. The second-order valence-corrected chi connectivity index (χ2v) is 5.25. The van der Waals surface area contributed by atoms with Crippen LogP contribution in [-0.2, 0) is 11.3 Å². The van der Waals surface area contributed by atoms with Gasteiger partial charge < -0.3 is 10.1 Å². The Balaban J connectivity index is 2.01. The Morgan fingerprint density at radius 2 is 1.75 bits per heavy atom. The normalized spacial score (nSPS) is 11.6. The van der Waals surface area contributed by atoms with Gasteiger partial charge >= 0.3 is 0 Å². The van der Waals surface area contributed by atoms with Gasteiger partial charge in [-0.05, 0) is 29.8 Å². The Morgan fingerprint density at radius 1 is 1.08 bits per heavy atom. The molecule has 0 fully saturated rings. The molecule has 1 unspecified atom stereocenters. The third kappa shape index (κ3) is 4.91. The fraction of sp³-hybridized carbons (Fsp3) is 0.222. The van der Waals surface area contributed by atoms with Gasteiger partial charge in [-0.3, -0.25) is 14.8 Å². The Bertz CT molecular complexity index is 671. The van der Waals surface area contributed by atoms with Crippen molar-refractivity contribution in [2.24, 2.45) is 0 Å². The van der Waals surface area contributed by atoms with E-state index in [1.165, 1.54) is 0 Å². The smallest absolute Gasteiger partial charge is 0.260 e. The van der Waals surface area contributed by atoms with Crippen LogP contribution in [0.1, 0.15) is 22.3 Å². The number of hydrogen-bond donors (Lipinski definition) is 3. The van der Waals surface area contributed by atoms with Crippen LogP contribution in [0.25, 0.3) is 0 Å². The average Bonchev–Trinajstić information content (AvgIpc) is 2.65. The molecule has 0 bridgehead atoms. The van der Waals surface area contributed by atoms with E-state index in [4.69, 9.17) is 9.94 Å². The molecule has 6 nitrogen and oxygen atoms in total. The van der Waals surface area contributed by atoms with E-state index < -0.39 is 11.9 Å². The lowest BCUT2D eigenvalue weighted by Gasteiger charge is -2.16. The second kappa shape index (κ2) is 8.81. The zero-order valence-electron chi connectivity index (χ0n) is 13.4. The van der Waals surface area contributed by atoms with Gasteiger partial charge in [-0.25, -0.2) is 5.48 Å². The fourth-order valence-electron chi connectivity index (χ4n) is 2.25. The highest BCUT2D eigenvalue weighted by Crippen LogP contribution is 2.13. The van der Waals surface area contributed by atoms with E-state index >= 15 is 0 Å². The first-order valence-electron chi connectivity index (χ1n) is 7.52. The third-order valence-electron chi connectivity index (χ3n) is 3.62. The standard InChI is InChI=1S/C18H20N2O4/c1-24-15-9-7-14(8-10-15)17(21)11-16(18(22)20-23)19-12-13-5-3-2-4-6-13/h2-10,16,19,23H,11-12H2,1H3,(H,20,22). The van der Waals surface area contributed by atoms with Gasteiger partial charge in [-0.1, -0.05) is 30.3 Å². The molecule has 1 atom stereocenters. The van der Waals surface area contributed by atoms with Gasteiger partial charge in [0.2, 0.25) is 0 Å². The zero-order chi connectivity index (χ0) is 17.4. The summed E-state index contributed by atoms with van der Waals surface area (Å²) in [6, 6.07) is 15.3. The minimum atomic E-state index is -0.829. The van der Waals surface area contributed by atoms with Gasteiger partial charge in [0.05, 0.1) is 13.2 Å². The molecular weight excluding hydrogens is 308 g/mol. The molecule has 0 heterocycles. The van der Waals surface area contributed by atoms with Crippen molar-refractivity contribution in [3.05, 3.63) is 65.7 Å². The number of hydroxylamine groups is 1. The molecule has 1 amide bonds. The number of Topliss-reactive ketones (excluding diaryl/α,β-unsaturated/α-hetero) is 1. The molecule has 6 heteroatoms. The third-order valence-corrected chi connectivity index (χ3v) is 3.62. The minimum absolute atomic E-state index is 0.0639. The minimum Gasteiger partial charge on any atom is -0.497 e.